The predicted octanol–water partition coefficient (Wildman–Crippen LogP) is 0.918. The zero-order valence-corrected chi connectivity index (χ0v) is 10.7. The van der Waals surface area contributed by atoms with Gasteiger partial charge >= 0.3 is 12.0 Å². The predicted molar refractivity (Wildman–Crippen MR) is 64.0 cm³/mol. The number of hydrogen-bond acceptors (Lipinski definition) is 3. The first kappa shape index (κ1) is 15.7. The number of nitrogens with zero attached hydrogens (tertiary/aromatic N) is 1. The molecule has 1 atom stereocenters. The van der Waals surface area contributed by atoms with E-state index in [1.165, 1.54) is 4.90 Å². The second-order valence-corrected chi connectivity index (χ2v) is 3.95. The Hall–Kier alpha value is -1.30. The second-order valence-electron chi connectivity index (χ2n) is 3.95. The number of urea groups is 1. The number of ether oxygens (including phenoxy) is 1. The van der Waals surface area contributed by atoms with E-state index >= 15 is 0 Å². The maximum atomic E-state index is 11.7. The molecule has 0 saturated carbocycles. The largest absolute Gasteiger partial charge is 0.481 e. The first-order valence-electron chi connectivity index (χ1n) is 5.73. The molecule has 17 heavy (non-hydrogen) atoms. The summed E-state index contributed by atoms with van der Waals surface area (Å²) < 4.78 is 4.86. The third-order valence-corrected chi connectivity index (χ3v) is 2.36. The van der Waals surface area contributed by atoms with Gasteiger partial charge < -0.3 is 20.1 Å². The van der Waals surface area contributed by atoms with Crippen molar-refractivity contribution in [2.45, 2.75) is 32.2 Å². The molecule has 2 N–H and O–H groups in total. The van der Waals surface area contributed by atoms with E-state index in [9.17, 15) is 9.59 Å². The van der Waals surface area contributed by atoms with Crippen molar-refractivity contribution in [2.75, 3.05) is 27.3 Å². The Bertz CT molecular complexity index is 246. The van der Waals surface area contributed by atoms with E-state index < -0.39 is 5.97 Å². The van der Waals surface area contributed by atoms with Gasteiger partial charge in [0.1, 0.15) is 0 Å². The summed E-state index contributed by atoms with van der Waals surface area (Å²) in [6.45, 7) is 2.89. The quantitative estimate of drug-likeness (QED) is 0.667. The molecule has 0 bridgehead atoms. The van der Waals surface area contributed by atoms with Crippen LogP contribution in [0.15, 0.2) is 0 Å². The summed E-state index contributed by atoms with van der Waals surface area (Å²) in [7, 11) is 3.22. The summed E-state index contributed by atoms with van der Waals surface area (Å²) in [5.41, 5.74) is 0. The number of hydrogen-bond donors (Lipinski definition) is 2. The van der Waals surface area contributed by atoms with Crippen molar-refractivity contribution >= 4 is 12.0 Å². The monoisotopic (exact) mass is 246 g/mol. The van der Waals surface area contributed by atoms with Crippen molar-refractivity contribution in [1.29, 1.82) is 0 Å². The number of nitrogens with one attached hydrogen (secondary N) is 1. The van der Waals surface area contributed by atoms with Crippen LogP contribution in [0.2, 0.25) is 0 Å². The van der Waals surface area contributed by atoms with Crippen LogP contribution in [0.3, 0.4) is 0 Å². The maximum Gasteiger partial charge on any atom is 0.317 e. The number of carboxylic acids is 1. The molecule has 0 heterocycles. The highest BCUT2D eigenvalue weighted by Crippen LogP contribution is 2.02. The number of aliphatic carboxylic acids is 1. The number of rotatable bonds is 8. The van der Waals surface area contributed by atoms with E-state index in [2.05, 4.69) is 5.32 Å². The molecule has 0 aromatic rings. The van der Waals surface area contributed by atoms with Crippen molar-refractivity contribution in [3.63, 3.8) is 0 Å². The number of carbonyl (C=O) groups excluding carboxylic acids is 1. The fraction of sp³-hybridized carbons (Fsp3) is 0.818. The molecule has 0 aromatic heterocycles. The van der Waals surface area contributed by atoms with Gasteiger partial charge in [-0.3, -0.25) is 4.79 Å². The summed E-state index contributed by atoms with van der Waals surface area (Å²) in [6, 6.07) is -0.572. The Labute approximate surface area is 102 Å². The number of amides is 2. The third kappa shape index (κ3) is 7.57. The smallest absolute Gasteiger partial charge is 0.317 e. The van der Waals surface area contributed by atoms with Gasteiger partial charge in [-0.1, -0.05) is 13.3 Å². The normalized spacial score (nSPS) is 11.9. The molecule has 0 aliphatic carbocycles. The van der Waals surface area contributed by atoms with Crippen LogP contribution in [0.4, 0.5) is 4.79 Å². The zero-order chi connectivity index (χ0) is 13.3. The Kier molecular flexibility index (Phi) is 8.13. The van der Waals surface area contributed by atoms with Crippen LogP contribution in [0.25, 0.3) is 0 Å². The van der Waals surface area contributed by atoms with Crippen LogP contribution in [-0.2, 0) is 9.53 Å². The van der Waals surface area contributed by atoms with Crippen molar-refractivity contribution in [3.8, 4) is 0 Å². The Morgan fingerprint density at radius 3 is 2.59 bits per heavy atom. The standard InChI is InChI=1S/C11H22N2O4/c1-4-5-9(8-10(14)15)12-11(16)13(2)6-7-17-3/h9H,4-8H2,1-3H3,(H,12,16)(H,14,15). The molecule has 100 valence electrons. The van der Waals surface area contributed by atoms with Crippen molar-refractivity contribution in [3.05, 3.63) is 0 Å². The number of likely N-dealkylation sites (N-methyl/N-ethyl adjacent to an activating group) is 1. The number of carbonyl (C=O) groups is 2. The van der Waals surface area contributed by atoms with Crippen LogP contribution in [0.1, 0.15) is 26.2 Å². The summed E-state index contributed by atoms with van der Waals surface area (Å²) in [4.78, 5) is 23.8. The molecular formula is C11H22N2O4. The molecule has 2 amide bonds. The topological polar surface area (TPSA) is 78.9 Å². The Balaban J connectivity index is 4.13. The van der Waals surface area contributed by atoms with Crippen molar-refractivity contribution in [1.82, 2.24) is 10.2 Å². The highest BCUT2D eigenvalue weighted by molar-refractivity contribution is 5.75. The molecule has 0 fully saturated rings. The molecule has 0 radical (unpaired) electrons. The molecule has 0 saturated heterocycles. The minimum absolute atomic E-state index is 0.0440. The van der Waals surface area contributed by atoms with Gasteiger partial charge in [-0.25, -0.2) is 4.79 Å². The van der Waals surface area contributed by atoms with Crippen molar-refractivity contribution in [2.24, 2.45) is 0 Å². The second kappa shape index (κ2) is 8.81. The van der Waals surface area contributed by atoms with Gasteiger partial charge in [-0.15, -0.1) is 0 Å². The molecular weight excluding hydrogens is 224 g/mol. The van der Waals surface area contributed by atoms with Gasteiger partial charge in [-0.2, -0.15) is 0 Å². The fourth-order valence-electron chi connectivity index (χ4n) is 1.40. The summed E-state index contributed by atoms with van der Waals surface area (Å²) in [5.74, 6) is -0.900. The van der Waals surface area contributed by atoms with E-state index in [1.54, 1.807) is 14.2 Å². The molecule has 0 spiro atoms. The maximum absolute atomic E-state index is 11.7. The van der Waals surface area contributed by atoms with Gasteiger partial charge in [0.05, 0.1) is 13.0 Å². The van der Waals surface area contributed by atoms with Crippen LogP contribution in [0, 0.1) is 0 Å². The lowest BCUT2D eigenvalue weighted by molar-refractivity contribution is -0.137. The first-order valence-corrected chi connectivity index (χ1v) is 5.73. The van der Waals surface area contributed by atoms with Crippen LogP contribution in [-0.4, -0.2) is 55.4 Å². The lowest BCUT2D eigenvalue weighted by Crippen LogP contribution is -2.44. The fourth-order valence-corrected chi connectivity index (χ4v) is 1.40. The molecule has 0 aliphatic rings. The van der Waals surface area contributed by atoms with Gasteiger partial charge in [0.15, 0.2) is 0 Å². The average molecular weight is 246 g/mol. The Morgan fingerprint density at radius 2 is 2.12 bits per heavy atom. The number of carboxylic acid groups (broad SMARTS) is 1. The molecule has 0 aliphatic heterocycles. The van der Waals surface area contributed by atoms with E-state index in [-0.39, 0.29) is 18.5 Å². The van der Waals surface area contributed by atoms with Gasteiger partial charge in [0.25, 0.3) is 0 Å². The summed E-state index contributed by atoms with van der Waals surface area (Å²) >= 11 is 0. The van der Waals surface area contributed by atoms with Crippen molar-refractivity contribution < 1.29 is 19.4 Å². The number of methoxy groups -OCH3 is 1. The minimum Gasteiger partial charge on any atom is -0.481 e. The van der Waals surface area contributed by atoms with E-state index in [4.69, 9.17) is 9.84 Å². The van der Waals surface area contributed by atoms with Crippen LogP contribution < -0.4 is 5.32 Å². The molecule has 0 rings (SSSR count). The molecule has 6 nitrogen and oxygen atoms in total. The molecule has 6 heteroatoms. The lowest BCUT2D eigenvalue weighted by Gasteiger charge is -2.22. The van der Waals surface area contributed by atoms with Gasteiger partial charge in [0.2, 0.25) is 0 Å². The van der Waals surface area contributed by atoms with E-state index in [0.29, 0.717) is 19.6 Å². The van der Waals surface area contributed by atoms with Crippen LogP contribution in [0.5, 0.6) is 0 Å². The van der Waals surface area contributed by atoms with Gasteiger partial charge in [0, 0.05) is 26.7 Å². The van der Waals surface area contributed by atoms with Gasteiger partial charge in [-0.05, 0) is 6.42 Å². The SMILES string of the molecule is CCCC(CC(=O)O)NC(=O)N(C)CCOC. The lowest BCUT2D eigenvalue weighted by atomic mass is 10.1. The molecule has 0 aromatic carbocycles. The highest BCUT2D eigenvalue weighted by Gasteiger charge is 2.17. The third-order valence-electron chi connectivity index (χ3n) is 2.36. The highest BCUT2D eigenvalue weighted by atomic mass is 16.5. The minimum atomic E-state index is -0.900. The molecule has 1 unspecified atom stereocenters. The summed E-state index contributed by atoms with van der Waals surface area (Å²) in [5, 5.41) is 11.4. The van der Waals surface area contributed by atoms with E-state index in [0.717, 1.165) is 6.42 Å². The first-order chi connectivity index (χ1) is 8.01. The zero-order valence-electron chi connectivity index (χ0n) is 10.7. The Morgan fingerprint density at radius 1 is 1.47 bits per heavy atom. The van der Waals surface area contributed by atoms with Crippen LogP contribution >= 0.6 is 0 Å². The average Bonchev–Trinajstić information content (AvgIpc) is 2.25. The summed E-state index contributed by atoms with van der Waals surface area (Å²) in [6.07, 6.45) is 1.45. The van der Waals surface area contributed by atoms with E-state index in [1.807, 2.05) is 6.92 Å².